The van der Waals surface area contributed by atoms with Crippen LogP contribution in [0.25, 0.3) is 0 Å². The van der Waals surface area contributed by atoms with Crippen LogP contribution in [0.5, 0.6) is 0 Å². The Morgan fingerprint density at radius 2 is 2.42 bits per heavy atom. The minimum absolute atomic E-state index is 0.417. The molecule has 0 saturated heterocycles. The van der Waals surface area contributed by atoms with Gasteiger partial charge in [-0.1, -0.05) is 0 Å². The van der Waals surface area contributed by atoms with E-state index < -0.39 is 0 Å². The van der Waals surface area contributed by atoms with E-state index in [2.05, 4.69) is 26.8 Å². The van der Waals surface area contributed by atoms with Crippen molar-refractivity contribution >= 4 is 11.3 Å². The van der Waals surface area contributed by atoms with Gasteiger partial charge in [0, 0.05) is 51.0 Å². The summed E-state index contributed by atoms with van der Waals surface area (Å²) in [5.41, 5.74) is 4.07. The summed E-state index contributed by atoms with van der Waals surface area (Å²) in [5.74, 6) is 0.417. The third kappa shape index (κ3) is 2.59. The largest absolute Gasteiger partial charge is 0.384 e. The lowest BCUT2D eigenvalue weighted by molar-refractivity contribution is 0.133. The maximum atomic E-state index is 5.38. The number of hydrogen-bond acceptors (Lipinski definition) is 4. The van der Waals surface area contributed by atoms with Crippen LogP contribution >= 0.6 is 11.3 Å². The maximum absolute atomic E-state index is 5.38. The zero-order chi connectivity index (χ0) is 13.2. The van der Waals surface area contributed by atoms with Crippen LogP contribution in [0, 0.1) is 0 Å². The Kier molecular flexibility index (Phi) is 3.68. The molecule has 2 aromatic heterocycles. The summed E-state index contributed by atoms with van der Waals surface area (Å²) in [6.45, 7) is 3.79. The van der Waals surface area contributed by atoms with Crippen molar-refractivity contribution in [2.24, 2.45) is 7.05 Å². The van der Waals surface area contributed by atoms with Gasteiger partial charge in [-0.3, -0.25) is 9.58 Å². The van der Waals surface area contributed by atoms with Gasteiger partial charge in [0.15, 0.2) is 0 Å². The van der Waals surface area contributed by atoms with Gasteiger partial charge in [0.1, 0.15) is 0 Å². The van der Waals surface area contributed by atoms with E-state index in [1.165, 1.54) is 16.8 Å². The van der Waals surface area contributed by atoms with E-state index in [0.29, 0.717) is 5.92 Å². The van der Waals surface area contributed by atoms with E-state index in [0.717, 1.165) is 26.2 Å². The third-order valence-corrected chi connectivity index (χ3v) is 4.41. The molecule has 4 nitrogen and oxygen atoms in total. The Bertz CT molecular complexity index is 535. The highest BCUT2D eigenvalue weighted by Gasteiger charge is 2.28. The van der Waals surface area contributed by atoms with Gasteiger partial charge >= 0.3 is 0 Å². The number of fused-ring (bicyclic) bond motifs is 1. The molecule has 3 rings (SSSR count). The van der Waals surface area contributed by atoms with E-state index in [-0.39, 0.29) is 0 Å². The minimum atomic E-state index is 0.417. The number of aromatic nitrogens is 2. The number of rotatable bonds is 4. The number of thiophene rings is 1. The molecule has 1 atom stereocenters. The van der Waals surface area contributed by atoms with Crippen molar-refractivity contribution in [1.82, 2.24) is 14.7 Å². The van der Waals surface area contributed by atoms with E-state index in [9.17, 15) is 0 Å². The average Bonchev–Trinajstić information content (AvgIpc) is 3.00. The van der Waals surface area contributed by atoms with Gasteiger partial charge < -0.3 is 4.74 Å². The standard InChI is InChI=1S/C14H19N3OS/c1-16-14-12(5-15-16)7-17(8-13(14)9-18-2)6-11-3-4-19-10-11/h3-5,10,13H,6-9H2,1-2H3/t13-/m0/s1. The number of ether oxygens (including phenoxy) is 1. The summed E-state index contributed by atoms with van der Waals surface area (Å²) in [7, 11) is 3.80. The fraction of sp³-hybridized carbons (Fsp3) is 0.500. The minimum Gasteiger partial charge on any atom is -0.384 e. The van der Waals surface area contributed by atoms with Gasteiger partial charge in [0.25, 0.3) is 0 Å². The maximum Gasteiger partial charge on any atom is 0.0558 e. The molecule has 0 N–H and O–H groups in total. The first kappa shape index (κ1) is 12.8. The highest BCUT2D eigenvalue weighted by molar-refractivity contribution is 7.07. The molecular weight excluding hydrogens is 258 g/mol. The van der Waals surface area contributed by atoms with Crippen molar-refractivity contribution in [3.63, 3.8) is 0 Å². The van der Waals surface area contributed by atoms with Crippen molar-refractivity contribution in [1.29, 1.82) is 0 Å². The van der Waals surface area contributed by atoms with E-state index in [4.69, 9.17) is 4.74 Å². The van der Waals surface area contributed by atoms with Crippen LogP contribution in [0.1, 0.15) is 22.7 Å². The Morgan fingerprint density at radius 3 is 3.16 bits per heavy atom. The van der Waals surface area contributed by atoms with Crippen LogP contribution in [-0.2, 0) is 24.9 Å². The molecule has 102 valence electrons. The van der Waals surface area contributed by atoms with Crippen molar-refractivity contribution in [2.75, 3.05) is 20.3 Å². The summed E-state index contributed by atoms with van der Waals surface area (Å²) < 4.78 is 7.38. The highest BCUT2D eigenvalue weighted by Crippen LogP contribution is 2.29. The molecule has 0 aliphatic carbocycles. The van der Waals surface area contributed by atoms with Crippen LogP contribution in [-0.4, -0.2) is 34.9 Å². The average molecular weight is 277 g/mol. The number of aryl methyl sites for hydroxylation is 1. The van der Waals surface area contributed by atoms with Crippen LogP contribution in [0.3, 0.4) is 0 Å². The Morgan fingerprint density at radius 1 is 1.53 bits per heavy atom. The molecule has 0 radical (unpaired) electrons. The van der Waals surface area contributed by atoms with Crippen LogP contribution in [0.15, 0.2) is 23.0 Å². The summed E-state index contributed by atoms with van der Waals surface area (Å²) in [5, 5.41) is 8.77. The van der Waals surface area contributed by atoms with E-state index >= 15 is 0 Å². The van der Waals surface area contributed by atoms with E-state index in [1.807, 2.05) is 17.9 Å². The first-order valence-electron chi connectivity index (χ1n) is 6.51. The van der Waals surface area contributed by atoms with Crippen molar-refractivity contribution in [3.8, 4) is 0 Å². The summed E-state index contributed by atoms with van der Waals surface area (Å²) in [6.07, 6.45) is 2.00. The van der Waals surface area contributed by atoms with Gasteiger partial charge in [-0.05, 0) is 22.4 Å². The Balaban J connectivity index is 1.80. The van der Waals surface area contributed by atoms with Gasteiger partial charge in [0.05, 0.1) is 12.8 Å². The summed E-state index contributed by atoms with van der Waals surface area (Å²) >= 11 is 1.76. The predicted octanol–water partition coefficient (Wildman–Crippen LogP) is 2.23. The smallest absolute Gasteiger partial charge is 0.0558 e. The van der Waals surface area contributed by atoms with Crippen molar-refractivity contribution in [3.05, 3.63) is 39.8 Å². The molecule has 0 fully saturated rings. The molecule has 5 heteroatoms. The summed E-state index contributed by atoms with van der Waals surface area (Å²) in [4.78, 5) is 2.48. The zero-order valence-corrected chi connectivity index (χ0v) is 12.2. The first-order chi connectivity index (χ1) is 9.28. The molecule has 0 bridgehead atoms. The number of methoxy groups -OCH3 is 1. The topological polar surface area (TPSA) is 30.3 Å². The third-order valence-electron chi connectivity index (χ3n) is 3.68. The fourth-order valence-electron chi connectivity index (χ4n) is 2.94. The quantitative estimate of drug-likeness (QED) is 0.858. The lowest BCUT2D eigenvalue weighted by atomic mass is 9.96. The molecule has 1 aliphatic rings. The normalized spacial score (nSPS) is 19.6. The lowest BCUT2D eigenvalue weighted by Gasteiger charge is -2.32. The summed E-state index contributed by atoms with van der Waals surface area (Å²) in [6, 6.07) is 2.20. The van der Waals surface area contributed by atoms with Crippen LogP contribution in [0.2, 0.25) is 0 Å². The molecule has 19 heavy (non-hydrogen) atoms. The molecule has 2 aromatic rings. The second-order valence-corrected chi connectivity index (χ2v) is 5.91. The zero-order valence-electron chi connectivity index (χ0n) is 11.4. The van der Waals surface area contributed by atoms with Gasteiger partial charge in [-0.25, -0.2) is 0 Å². The number of nitrogens with zero attached hydrogens (tertiary/aromatic N) is 3. The van der Waals surface area contributed by atoms with E-state index in [1.54, 1.807) is 18.4 Å². The molecule has 1 aliphatic heterocycles. The SMILES string of the molecule is COC[C@@H]1CN(Cc2ccsc2)Cc2cnn(C)c21. The van der Waals surface area contributed by atoms with Crippen LogP contribution < -0.4 is 0 Å². The molecule has 0 unspecified atom stereocenters. The van der Waals surface area contributed by atoms with Gasteiger partial charge in [0.2, 0.25) is 0 Å². The highest BCUT2D eigenvalue weighted by atomic mass is 32.1. The van der Waals surface area contributed by atoms with Crippen LogP contribution in [0.4, 0.5) is 0 Å². The monoisotopic (exact) mass is 277 g/mol. The lowest BCUT2D eigenvalue weighted by Crippen LogP contribution is -2.35. The van der Waals surface area contributed by atoms with Gasteiger partial charge in [-0.2, -0.15) is 16.4 Å². The second kappa shape index (κ2) is 5.45. The molecule has 0 aromatic carbocycles. The molecule has 3 heterocycles. The van der Waals surface area contributed by atoms with Crippen molar-refractivity contribution < 1.29 is 4.74 Å². The predicted molar refractivity (Wildman–Crippen MR) is 76.3 cm³/mol. The molecular formula is C14H19N3OS. The molecule has 0 spiro atoms. The molecule has 0 amide bonds. The molecule has 0 saturated carbocycles. The second-order valence-electron chi connectivity index (χ2n) is 5.13. The Labute approximate surface area is 117 Å². The van der Waals surface area contributed by atoms with Gasteiger partial charge in [-0.15, -0.1) is 0 Å². The van der Waals surface area contributed by atoms with Crippen molar-refractivity contribution in [2.45, 2.75) is 19.0 Å². The number of hydrogen-bond donors (Lipinski definition) is 0. The fourth-order valence-corrected chi connectivity index (χ4v) is 3.60. The Hall–Kier alpha value is -1.17. The first-order valence-corrected chi connectivity index (χ1v) is 7.45.